The van der Waals surface area contributed by atoms with Gasteiger partial charge in [0.2, 0.25) is 0 Å². The van der Waals surface area contributed by atoms with E-state index < -0.39 is 26.8 Å². The Bertz CT molecular complexity index is 1540. The van der Waals surface area contributed by atoms with Crippen molar-refractivity contribution in [3.8, 4) is 17.0 Å². The molecule has 0 atom stereocenters. The fourth-order valence-electron chi connectivity index (χ4n) is 4.64. The number of alkyl halides is 3. The molecule has 0 spiro atoms. The molecule has 2 aromatic carbocycles. The first kappa shape index (κ1) is 25.1. The highest BCUT2D eigenvalue weighted by Crippen LogP contribution is 2.38. The van der Waals surface area contributed by atoms with Crippen LogP contribution in [-0.2, 0) is 16.3 Å². The van der Waals surface area contributed by atoms with Gasteiger partial charge in [0.25, 0.3) is 0 Å². The Hall–Kier alpha value is -3.53. The van der Waals surface area contributed by atoms with Gasteiger partial charge in [0.05, 0.1) is 5.56 Å². The van der Waals surface area contributed by atoms with Crippen LogP contribution in [0.15, 0.2) is 71.8 Å². The fourth-order valence-corrected chi connectivity index (χ4v) is 5.64. The predicted molar refractivity (Wildman–Crippen MR) is 135 cm³/mol. The lowest BCUT2D eigenvalue weighted by atomic mass is 9.95. The summed E-state index contributed by atoms with van der Waals surface area (Å²) >= 11 is 0. The van der Waals surface area contributed by atoms with Crippen LogP contribution in [0, 0.1) is 6.92 Å². The molecule has 4 aromatic rings. The Morgan fingerprint density at radius 3 is 2.51 bits per heavy atom. The Kier molecular flexibility index (Phi) is 6.61. The third kappa shape index (κ3) is 5.29. The number of halogens is 3. The zero-order valence-corrected chi connectivity index (χ0v) is 20.9. The largest absolute Gasteiger partial charge is 0.416 e. The Labute approximate surface area is 213 Å². The number of para-hydroxylation sites is 1. The van der Waals surface area contributed by atoms with E-state index in [0.717, 1.165) is 55.3 Å². The van der Waals surface area contributed by atoms with Gasteiger partial charge in [-0.3, -0.25) is 4.40 Å². The highest BCUT2D eigenvalue weighted by molar-refractivity contribution is 7.87. The monoisotopic (exact) mass is 529 g/mol. The highest BCUT2D eigenvalue weighted by Gasteiger charge is 2.32. The molecule has 1 N–H and O–H groups in total. The van der Waals surface area contributed by atoms with Crippen molar-refractivity contribution >= 4 is 21.6 Å². The van der Waals surface area contributed by atoms with Crippen LogP contribution in [-0.4, -0.2) is 23.8 Å². The molecule has 6 nitrogen and oxygen atoms in total. The third-order valence-corrected chi connectivity index (χ3v) is 7.75. The zero-order valence-electron chi connectivity index (χ0n) is 20.1. The number of aromatic nitrogens is 2. The Morgan fingerprint density at radius 1 is 1.00 bits per heavy atom. The number of hydrogen-bond donors (Lipinski definition) is 1. The van der Waals surface area contributed by atoms with E-state index in [4.69, 9.17) is 9.17 Å². The smallest absolute Gasteiger partial charge is 0.378 e. The topological polar surface area (TPSA) is 72.7 Å². The van der Waals surface area contributed by atoms with E-state index in [1.54, 1.807) is 18.2 Å². The number of pyridine rings is 1. The standard InChI is InChI=1S/C27H26F3N3O3S/c1-18-14-15-33-24(16-18)32-25(26(33)31-20-9-3-2-4-10-20)22-12-5-6-13-23(22)36-37(34,35)21-11-7-8-19(17-21)27(28,29)30/h5-8,11-17,20,31H,2-4,9-10H2,1H3. The Morgan fingerprint density at radius 2 is 1.76 bits per heavy atom. The van der Waals surface area contributed by atoms with Gasteiger partial charge in [-0.2, -0.15) is 21.6 Å². The molecule has 194 valence electrons. The summed E-state index contributed by atoms with van der Waals surface area (Å²) in [6, 6.07) is 14.2. The summed E-state index contributed by atoms with van der Waals surface area (Å²) in [5.41, 5.74) is 1.55. The number of fused-ring (bicyclic) bond motifs is 1. The van der Waals surface area contributed by atoms with Crippen LogP contribution in [0.2, 0.25) is 0 Å². The van der Waals surface area contributed by atoms with Gasteiger partial charge in [-0.25, -0.2) is 4.98 Å². The number of nitrogens with zero attached hydrogens (tertiary/aromatic N) is 2. The maximum absolute atomic E-state index is 13.2. The summed E-state index contributed by atoms with van der Waals surface area (Å²) in [6.07, 6.45) is 2.70. The summed E-state index contributed by atoms with van der Waals surface area (Å²) in [7, 11) is -4.56. The molecule has 1 aliphatic carbocycles. The molecule has 2 heterocycles. The second kappa shape index (κ2) is 9.74. The van der Waals surface area contributed by atoms with E-state index in [9.17, 15) is 21.6 Å². The first-order valence-electron chi connectivity index (χ1n) is 12.1. The number of imidazole rings is 1. The molecule has 0 unspecified atom stereocenters. The first-order chi connectivity index (χ1) is 17.6. The van der Waals surface area contributed by atoms with Crippen molar-refractivity contribution in [2.45, 2.75) is 56.1 Å². The summed E-state index contributed by atoms with van der Waals surface area (Å²) in [4.78, 5) is 4.22. The van der Waals surface area contributed by atoms with Gasteiger partial charge in [-0.05, 0) is 67.8 Å². The van der Waals surface area contributed by atoms with Gasteiger partial charge in [-0.15, -0.1) is 0 Å². The number of rotatable bonds is 6. The lowest BCUT2D eigenvalue weighted by Gasteiger charge is -2.24. The van der Waals surface area contributed by atoms with E-state index in [0.29, 0.717) is 23.0 Å². The van der Waals surface area contributed by atoms with Crippen molar-refractivity contribution in [2.75, 3.05) is 5.32 Å². The van der Waals surface area contributed by atoms with Crippen LogP contribution in [0.25, 0.3) is 16.9 Å². The van der Waals surface area contributed by atoms with Crippen LogP contribution in [0.1, 0.15) is 43.2 Å². The maximum Gasteiger partial charge on any atom is 0.416 e. The average Bonchev–Trinajstić information content (AvgIpc) is 3.21. The van der Waals surface area contributed by atoms with Gasteiger partial charge < -0.3 is 9.50 Å². The zero-order chi connectivity index (χ0) is 26.2. The first-order valence-corrected chi connectivity index (χ1v) is 13.5. The van der Waals surface area contributed by atoms with E-state index in [2.05, 4.69) is 5.32 Å². The number of anilines is 1. The quantitative estimate of drug-likeness (QED) is 0.277. The van der Waals surface area contributed by atoms with Gasteiger partial charge >= 0.3 is 16.3 Å². The van der Waals surface area contributed by atoms with Crippen molar-refractivity contribution < 1.29 is 25.8 Å². The van der Waals surface area contributed by atoms with E-state index in [1.165, 1.54) is 12.5 Å². The SMILES string of the molecule is Cc1ccn2c(NC3CCCCC3)c(-c3ccccc3OS(=O)(=O)c3cccc(C(F)(F)F)c3)nc2c1. The molecule has 0 amide bonds. The van der Waals surface area contributed by atoms with E-state index in [1.807, 2.05) is 29.7 Å². The van der Waals surface area contributed by atoms with Crippen LogP contribution in [0.3, 0.4) is 0 Å². The van der Waals surface area contributed by atoms with Crippen molar-refractivity contribution in [3.05, 3.63) is 78.0 Å². The maximum atomic E-state index is 13.2. The van der Waals surface area contributed by atoms with E-state index >= 15 is 0 Å². The molecule has 0 radical (unpaired) electrons. The molecule has 1 saturated carbocycles. The van der Waals surface area contributed by atoms with Gasteiger partial charge in [0, 0.05) is 17.8 Å². The van der Waals surface area contributed by atoms with Crippen molar-refractivity contribution in [1.82, 2.24) is 9.38 Å². The minimum Gasteiger partial charge on any atom is -0.378 e. The molecule has 37 heavy (non-hydrogen) atoms. The molecule has 0 bridgehead atoms. The molecule has 0 saturated heterocycles. The number of aryl methyl sites for hydroxylation is 1. The van der Waals surface area contributed by atoms with Gasteiger partial charge in [-0.1, -0.05) is 37.5 Å². The number of hydrogen-bond acceptors (Lipinski definition) is 5. The summed E-state index contributed by atoms with van der Waals surface area (Å²) in [6.45, 7) is 1.96. The third-order valence-electron chi connectivity index (χ3n) is 6.52. The minimum atomic E-state index is -4.68. The normalized spacial score (nSPS) is 15.1. The molecule has 5 rings (SSSR count). The average molecular weight is 530 g/mol. The lowest BCUT2D eigenvalue weighted by Crippen LogP contribution is -2.23. The Balaban J connectivity index is 1.57. The van der Waals surface area contributed by atoms with Crippen LogP contribution in [0.5, 0.6) is 5.75 Å². The van der Waals surface area contributed by atoms with Crippen molar-refractivity contribution in [1.29, 1.82) is 0 Å². The van der Waals surface area contributed by atoms with Crippen molar-refractivity contribution in [2.24, 2.45) is 0 Å². The molecule has 10 heteroatoms. The van der Waals surface area contributed by atoms with Crippen LogP contribution < -0.4 is 9.50 Å². The minimum absolute atomic E-state index is 0.0215. The van der Waals surface area contributed by atoms with Crippen molar-refractivity contribution in [3.63, 3.8) is 0 Å². The summed E-state index contributed by atoms with van der Waals surface area (Å²) in [5, 5.41) is 3.61. The summed E-state index contributed by atoms with van der Waals surface area (Å²) < 4.78 is 73.0. The molecule has 2 aromatic heterocycles. The predicted octanol–water partition coefficient (Wildman–Crippen LogP) is 6.84. The second-order valence-corrected chi connectivity index (χ2v) is 10.8. The second-order valence-electron chi connectivity index (χ2n) is 9.28. The highest BCUT2D eigenvalue weighted by atomic mass is 32.2. The van der Waals surface area contributed by atoms with Gasteiger partial charge in [0.15, 0.2) is 5.75 Å². The van der Waals surface area contributed by atoms with Crippen LogP contribution in [0.4, 0.5) is 19.0 Å². The molecular formula is C27H26F3N3O3S. The number of benzene rings is 2. The molecule has 0 aliphatic heterocycles. The van der Waals surface area contributed by atoms with E-state index in [-0.39, 0.29) is 11.8 Å². The molecule has 1 aliphatic rings. The fraction of sp³-hybridized carbons (Fsp3) is 0.296. The number of nitrogens with one attached hydrogen (secondary N) is 1. The lowest BCUT2D eigenvalue weighted by molar-refractivity contribution is -0.137. The van der Waals surface area contributed by atoms with Crippen LogP contribution >= 0.6 is 0 Å². The van der Waals surface area contributed by atoms with Gasteiger partial charge in [0.1, 0.15) is 22.1 Å². The molecular weight excluding hydrogens is 503 g/mol. The summed E-state index contributed by atoms with van der Waals surface area (Å²) in [5.74, 6) is 0.696. The molecule has 1 fully saturated rings.